The minimum atomic E-state index is -3.96. The van der Waals surface area contributed by atoms with Crippen LogP contribution in [0.2, 0.25) is 0 Å². The Morgan fingerprint density at radius 2 is 1.77 bits per heavy atom. The van der Waals surface area contributed by atoms with Gasteiger partial charge in [-0.1, -0.05) is 12.1 Å². The van der Waals surface area contributed by atoms with Crippen molar-refractivity contribution in [1.29, 1.82) is 0 Å². The van der Waals surface area contributed by atoms with Crippen LogP contribution in [0, 0.1) is 11.6 Å². The number of halogens is 2. The number of amides is 1. The van der Waals surface area contributed by atoms with Crippen molar-refractivity contribution in [2.24, 2.45) is 0 Å². The molecule has 2 saturated heterocycles. The number of nitrogens with one attached hydrogen (secondary N) is 1. The number of carbonyl (C=O) groups is 1. The highest BCUT2D eigenvalue weighted by molar-refractivity contribution is 7.87. The van der Waals surface area contributed by atoms with Crippen molar-refractivity contribution in [3.8, 4) is 5.75 Å². The average Bonchev–Trinajstić information content (AvgIpc) is 3.59. The first kappa shape index (κ1) is 24.1. The van der Waals surface area contributed by atoms with Crippen molar-refractivity contribution in [3.63, 3.8) is 0 Å². The van der Waals surface area contributed by atoms with E-state index in [-0.39, 0.29) is 23.4 Å². The minimum absolute atomic E-state index is 0.146. The third kappa shape index (κ3) is 5.65. The lowest BCUT2D eigenvalue weighted by Gasteiger charge is -2.33. The monoisotopic (exact) mass is 505 g/mol. The van der Waals surface area contributed by atoms with Crippen LogP contribution >= 0.6 is 0 Å². The fourth-order valence-corrected chi connectivity index (χ4v) is 5.82. The molecule has 10 heteroatoms. The molecule has 2 heterocycles. The Hall–Kier alpha value is -2.56. The van der Waals surface area contributed by atoms with Gasteiger partial charge in [-0.25, -0.2) is 13.5 Å². The van der Waals surface area contributed by atoms with Crippen LogP contribution in [-0.4, -0.2) is 55.8 Å². The van der Waals surface area contributed by atoms with Gasteiger partial charge in [0.05, 0.1) is 5.56 Å². The predicted octanol–water partition coefficient (Wildman–Crippen LogP) is 3.57. The molecule has 1 N–H and O–H groups in total. The van der Waals surface area contributed by atoms with E-state index in [4.69, 9.17) is 4.74 Å². The van der Waals surface area contributed by atoms with E-state index in [9.17, 15) is 22.0 Å². The number of carbonyl (C=O) groups excluding carboxylic acids is 1. The number of ether oxygens (including phenoxy) is 1. The second-order valence-electron chi connectivity index (χ2n) is 9.58. The molecule has 1 aliphatic carbocycles. The highest BCUT2D eigenvalue weighted by atomic mass is 32.2. The summed E-state index contributed by atoms with van der Waals surface area (Å²) in [6.07, 6.45) is 4.16. The van der Waals surface area contributed by atoms with Gasteiger partial charge in [-0.15, -0.1) is 0 Å². The number of nitrogens with zero attached hydrogens (tertiary/aromatic N) is 2. The molecule has 0 spiro atoms. The second kappa shape index (κ2) is 9.83. The van der Waals surface area contributed by atoms with Gasteiger partial charge in [0.2, 0.25) is 0 Å². The lowest BCUT2D eigenvalue weighted by atomic mass is 10.0. The van der Waals surface area contributed by atoms with Gasteiger partial charge in [0.15, 0.2) is 0 Å². The number of benzene rings is 2. The predicted molar refractivity (Wildman–Crippen MR) is 126 cm³/mol. The van der Waals surface area contributed by atoms with E-state index in [0.717, 1.165) is 54.1 Å². The third-order valence-corrected chi connectivity index (χ3v) is 8.30. The normalized spacial score (nSPS) is 21.4. The molecule has 0 radical (unpaired) electrons. The van der Waals surface area contributed by atoms with E-state index in [1.54, 1.807) is 12.1 Å². The van der Waals surface area contributed by atoms with Gasteiger partial charge < -0.3 is 4.74 Å². The Kier molecular flexibility index (Phi) is 6.78. The zero-order valence-electron chi connectivity index (χ0n) is 19.4. The fourth-order valence-electron chi connectivity index (χ4n) is 4.61. The summed E-state index contributed by atoms with van der Waals surface area (Å²) in [5.41, 5.74) is 1.47. The summed E-state index contributed by atoms with van der Waals surface area (Å²) in [5, 5.41) is 0. The molecule has 0 unspecified atom stereocenters. The second-order valence-corrected chi connectivity index (χ2v) is 11.2. The Bertz CT molecular complexity index is 1200. The van der Waals surface area contributed by atoms with Gasteiger partial charge in [-0.2, -0.15) is 12.7 Å². The first-order valence-corrected chi connectivity index (χ1v) is 13.5. The number of piperidine rings is 1. The number of hydrogen-bond donors (Lipinski definition) is 1. The molecule has 3 aliphatic rings. The molecule has 5 rings (SSSR count). The quantitative estimate of drug-likeness (QED) is 0.594. The summed E-state index contributed by atoms with van der Waals surface area (Å²) in [5.74, 6) is -1.45. The maximum absolute atomic E-state index is 15.0. The van der Waals surface area contributed by atoms with Crippen LogP contribution in [0.5, 0.6) is 5.75 Å². The maximum Gasteiger partial charge on any atom is 0.304 e. The number of rotatable bonds is 8. The van der Waals surface area contributed by atoms with Crippen molar-refractivity contribution >= 4 is 16.1 Å². The molecule has 3 fully saturated rings. The van der Waals surface area contributed by atoms with Crippen molar-refractivity contribution < 1.29 is 26.7 Å². The van der Waals surface area contributed by atoms with Crippen molar-refractivity contribution in [1.82, 2.24) is 13.9 Å². The summed E-state index contributed by atoms with van der Waals surface area (Å²) >= 11 is 0. The topological polar surface area (TPSA) is 79.0 Å². The van der Waals surface area contributed by atoms with Gasteiger partial charge in [-0.05, 0) is 73.9 Å². The molecule has 2 aliphatic heterocycles. The van der Waals surface area contributed by atoms with Gasteiger partial charge in [0, 0.05) is 32.2 Å². The van der Waals surface area contributed by atoms with Crippen molar-refractivity contribution in [2.75, 3.05) is 26.2 Å². The Morgan fingerprint density at radius 1 is 1.03 bits per heavy atom. The first-order valence-electron chi connectivity index (χ1n) is 12.1. The summed E-state index contributed by atoms with van der Waals surface area (Å²) in [6.45, 7) is 2.93. The molecule has 35 heavy (non-hydrogen) atoms. The molecular formula is C25H29F2N3O4S. The summed E-state index contributed by atoms with van der Waals surface area (Å²) in [7, 11) is -3.96. The average molecular weight is 506 g/mol. The number of hydrogen-bond acceptors (Lipinski definition) is 5. The van der Waals surface area contributed by atoms with Gasteiger partial charge in [0.25, 0.3) is 5.91 Å². The van der Waals surface area contributed by atoms with E-state index in [2.05, 4.69) is 4.90 Å². The van der Waals surface area contributed by atoms with Crippen LogP contribution < -0.4 is 9.46 Å². The molecular weight excluding hydrogens is 476 g/mol. The Morgan fingerprint density at radius 3 is 2.43 bits per heavy atom. The fraction of sp³-hybridized carbons (Fsp3) is 0.480. The zero-order chi connectivity index (χ0) is 24.6. The summed E-state index contributed by atoms with van der Waals surface area (Å²) in [6, 6.07) is 9.10. The SMILES string of the molecule is O=C(NS(=O)(=O)N1CCC1)c1cc(C2CC2)c(O[C@@H]2CCCN(Cc3ccc(F)cc3)C2)cc1F. The van der Waals surface area contributed by atoms with Gasteiger partial charge >= 0.3 is 10.2 Å². The largest absolute Gasteiger partial charge is 0.489 e. The van der Waals surface area contributed by atoms with Gasteiger partial charge in [-0.3, -0.25) is 9.69 Å². The summed E-state index contributed by atoms with van der Waals surface area (Å²) in [4.78, 5) is 14.9. The molecule has 0 aromatic heterocycles. The van der Waals surface area contributed by atoms with E-state index in [0.29, 0.717) is 31.9 Å². The molecule has 2 aromatic carbocycles. The molecule has 1 atom stereocenters. The third-order valence-electron chi connectivity index (χ3n) is 6.81. The molecule has 188 valence electrons. The summed E-state index contributed by atoms with van der Waals surface area (Å²) < 4.78 is 62.1. The number of likely N-dealkylation sites (tertiary alicyclic amines) is 1. The highest BCUT2D eigenvalue weighted by Crippen LogP contribution is 2.45. The van der Waals surface area contributed by atoms with Crippen molar-refractivity contribution in [2.45, 2.75) is 50.7 Å². The van der Waals surface area contributed by atoms with Crippen molar-refractivity contribution in [3.05, 3.63) is 64.7 Å². The standard InChI is InChI=1S/C25H29F2N3O4S/c26-19-8-4-17(5-9-19)15-29-10-1-3-20(16-29)34-24-14-23(27)22(13-21(24)18-6-7-18)25(31)28-35(32,33)30-11-2-12-30/h4-5,8-9,13-14,18,20H,1-3,6-7,10-12,15-16H2,(H,28,31)/t20-/m1/s1. The smallest absolute Gasteiger partial charge is 0.304 e. The molecule has 1 saturated carbocycles. The van der Waals surface area contributed by atoms with E-state index in [1.807, 2.05) is 4.72 Å². The van der Waals surface area contributed by atoms with E-state index >= 15 is 0 Å². The van der Waals surface area contributed by atoms with Crippen LogP contribution in [0.15, 0.2) is 36.4 Å². The minimum Gasteiger partial charge on any atom is -0.489 e. The molecule has 0 bridgehead atoms. The van der Waals surface area contributed by atoms with Crippen LogP contribution in [0.4, 0.5) is 8.78 Å². The lowest BCUT2D eigenvalue weighted by Crippen LogP contribution is -2.49. The lowest BCUT2D eigenvalue weighted by molar-refractivity contribution is 0.0832. The Balaban J connectivity index is 1.29. The van der Waals surface area contributed by atoms with E-state index < -0.39 is 21.9 Å². The Labute approximate surface area is 204 Å². The molecule has 2 aromatic rings. The zero-order valence-corrected chi connectivity index (χ0v) is 20.2. The molecule has 1 amide bonds. The van der Waals surface area contributed by atoms with Crippen LogP contribution in [0.25, 0.3) is 0 Å². The van der Waals surface area contributed by atoms with E-state index in [1.165, 1.54) is 24.3 Å². The highest BCUT2D eigenvalue weighted by Gasteiger charge is 2.33. The first-order chi connectivity index (χ1) is 16.8. The van der Waals surface area contributed by atoms with Gasteiger partial charge in [0.1, 0.15) is 23.5 Å². The maximum atomic E-state index is 15.0. The van der Waals surface area contributed by atoms with Crippen LogP contribution in [-0.2, 0) is 16.8 Å². The van der Waals surface area contributed by atoms with Crippen LogP contribution in [0.1, 0.15) is 59.5 Å². The molecule has 7 nitrogen and oxygen atoms in total. The van der Waals surface area contributed by atoms with Crippen LogP contribution in [0.3, 0.4) is 0 Å².